The first kappa shape index (κ1) is 21.7. The van der Waals surface area contributed by atoms with Gasteiger partial charge >= 0.3 is 0 Å². The van der Waals surface area contributed by atoms with Crippen molar-refractivity contribution >= 4 is 23.4 Å². The standard InChI is InChI=1S/C22H27N5O2S/c1-4-15(2)17-7-9-18(10-8-17)24-21(28)14-30-22-26-25-20(27(22)23)13-16-5-11-19(29-3)12-6-16/h5-12,15H,4,13-14,23H2,1-3H3,(H,24,28)/t15-/m1/s1. The van der Waals surface area contributed by atoms with Crippen LogP contribution in [-0.2, 0) is 11.2 Å². The molecule has 8 heteroatoms. The van der Waals surface area contributed by atoms with E-state index in [1.165, 1.54) is 22.0 Å². The van der Waals surface area contributed by atoms with Crippen molar-refractivity contribution in [1.29, 1.82) is 0 Å². The molecule has 0 aliphatic carbocycles. The molecule has 0 unspecified atom stereocenters. The van der Waals surface area contributed by atoms with Crippen molar-refractivity contribution < 1.29 is 9.53 Å². The molecule has 3 N–H and O–H groups in total. The average molecular weight is 426 g/mol. The molecule has 1 amide bonds. The van der Waals surface area contributed by atoms with Crippen LogP contribution in [0, 0.1) is 0 Å². The highest BCUT2D eigenvalue weighted by molar-refractivity contribution is 7.99. The number of hydrogen-bond donors (Lipinski definition) is 2. The number of carbonyl (C=O) groups is 1. The number of hydrogen-bond acceptors (Lipinski definition) is 6. The summed E-state index contributed by atoms with van der Waals surface area (Å²) in [6.45, 7) is 4.35. The van der Waals surface area contributed by atoms with Crippen LogP contribution in [0.2, 0.25) is 0 Å². The van der Waals surface area contributed by atoms with E-state index in [0.717, 1.165) is 23.4 Å². The maximum atomic E-state index is 12.3. The number of amides is 1. The Kier molecular flexibility index (Phi) is 7.35. The fourth-order valence-electron chi connectivity index (χ4n) is 2.91. The monoisotopic (exact) mass is 425 g/mol. The van der Waals surface area contributed by atoms with Crippen LogP contribution in [-0.4, -0.2) is 33.6 Å². The third-order valence-corrected chi connectivity index (χ3v) is 5.91. The van der Waals surface area contributed by atoms with Gasteiger partial charge in [0.25, 0.3) is 0 Å². The van der Waals surface area contributed by atoms with E-state index in [4.69, 9.17) is 10.6 Å². The first-order valence-electron chi connectivity index (χ1n) is 9.85. The summed E-state index contributed by atoms with van der Waals surface area (Å²) in [5.74, 6) is 8.14. The van der Waals surface area contributed by atoms with E-state index in [-0.39, 0.29) is 11.7 Å². The second-order valence-electron chi connectivity index (χ2n) is 7.06. The van der Waals surface area contributed by atoms with Gasteiger partial charge in [-0.1, -0.05) is 49.9 Å². The fourth-order valence-corrected chi connectivity index (χ4v) is 3.59. The summed E-state index contributed by atoms with van der Waals surface area (Å²) in [6.07, 6.45) is 1.63. The lowest BCUT2D eigenvalue weighted by Crippen LogP contribution is -2.17. The zero-order valence-corrected chi connectivity index (χ0v) is 18.3. The lowest BCUT2D eigenvalue weighted by Gasteiger charge is -2.10. The highest BCUT2D eigenvalue weighted by Crippen LogP contribution is 2.21. The second kappa shape index (κ2) is 10.2. The lowest BCUT2D eigenvalue weighted by molar-refractivity contribution is -0.113. The number of thioether (sulfide) groups is 1. The Hall–Kier alpha value is -3.00. The van der Waals surface area contributed by atoms with Gasteiger partial charge in [0.1, 0.15) is 5.75 Å². The van der Waals surface area contributed by atoms with Crippen LogP contribution in [0.5, 0.6) is 5.75 Å². The maximum Gasteiger partial charge on any atom is 0.234 e. The van der Waals surface area contributed by atoms with Crippen LogP contribution in [0.25, 0.3) is 0 Å². The van der Waals surface area contributed by atoms with Gasteiger partial charge in [0.05, 0.1) is 12.9 Å². The number of nitrogen functional groups attached to an aromatic ring is 1. The Morgan fingerprint density at radius 3 is 2.50 bits per heavy atom. The predicted molar refractivity (Wildman–Crippen MR) is 120 cm³/mol. The minimum absolute atomic E-state index is 0.115. The van der Waals surface area contributed by atoms with Crippen molar-refractivity contribution in [2.45, 2.75) is 37.8 Å². The van der Waals surface area contributed by atoms with Crippen molar-refractivity contribution in [3.63, 3.8) is 0 Å². The summed E-state index contributed by atoms with van der Waals surface area (Å²) in [6, 6.07) is 15.7. The molecule has 7 nitrogen and oxygen atoms in total. The van der Waals surface area contributed by atoms with E-state index in [1.54, 1.807) is 7.11 Å². The second-order valence-corrected chi connectivity index (χ2v) is 8.00. The largest absolute Gasteiger partial charge is 0.497 e. The summed E-state index contributed by atoms with van der Waals surface area (Å²) in [5, 5.41) is 11.7. The predicted octanol–water partition coefficient (Wildman–Crippen LogP) is 3.84. The highest BCUT2D eigenvalue weighted by Gasteiger charge is 2.13. The molecule has 1 aromatic heterocycles. The zero-order valence-electron chi connectivity index (χ0n) is 17.5. The molecule has 1 heterocycles. The van der Waals surface area contributed by atoms with E-state index in [9.17, 15) is 4.79 Å². The van der Waals surface area contributed by atoms with Crippen LogP contribution >= 0.6 is 11.8 Å². The Morgan fingerprint density at radius 1 is 1.17 bits per heavy atom. The quantitative estimate of drug-likeness (QED) is 0.400. The molecule has 0 saturated carbocycles. The lowest BCUT2D eigenvalue weighted by atomic mass is 9.99. The van der Waals surface area contributed by atoms with Gasteiger partial charge in [-0.3, -0.25) is 4.79 Å². The maximum absolute atomic E-state index is 12.3. The molecule has 0 radical (unpaired) electrons. The molecule has 0 aliphatic rings. The number of nitrogens with one attached hydrogen (secondary N) is 1. The Balaban J connectivity index is 1.53. The Morgan fingerprint density at radius 2 is 1.87 bits per heavy atom. The van der Waals surface area contributed by atoms with Gasteiger partial charge in [0.15, 0.2) is 5.82 Å². The molecule has 0 saturated heterocycles. The van der Waals surface area contributed by atoms with E-state index in [2.05, 4.69) is 41.5 Å². The van der Waals surface area contributed by atoms with Gasteiger partial charge in [-0.05, 0) is 47.7 Å². The van der Waals surface area contributed by atoms with E-state index >= 15 is 0 Å². The molecule has 0 bridgehead atoms. The van der Waals surface area contributed by atoms with Gasteiger partial charge in [0.2, 0.25) is 11.1 Å². The molecule has 1 atom stereocenters. The van der Waals surface area contributed by atoms with Gasteiger partial charge in [-0.25, -0.2) is 4.68 Å². The number of nitrogens with two attached hydrogens (primary N) is 1. The molecule has 2 aromatic carbocycles. The number of nitrogens with zero attached hydrogens (tertiary/aromatic N) is 3. The molecule has 0 spiro atoms. The number of aromatic nitrogens is 3. The van der Waals surface area contributed by atoms with Gasteiger partial charge in [0, 0.05) is 12.1 Å². The van der Waals surface area contributed by atoms with E-state index in [1.807, 2.05) is 36.4 Å². The molecule has 0 aliphatic heterocycles. The van der Waals surface area contributed by atoms with Crippen LogP contribution < -0.4 is 15.9 Å². The molecule has 158 valence electrons. The van der Waals surface area contributed by atoms with E-state index < -0.39 is 0 Å². The topological polar surface area (TPSA) is 95.1 Å². The Labute approximate surface area is 181 Å². The van der Waals surface area contributed by atoms with Crippen LogP contribution in [0.4, 0.5) is 5.69 Å². The van der Waals surface area contributed by atoms with Gasteiger partial charge in [-0.15, -0.1) is 10.2 Å². The van der Waals surface area contributed by atoms with Crippen molar-refractivity contribution in [1.82, 2.24) is 14.9 Å². The highest BCUT2D eigenvalue weighted by atomic mass is 32.2. The SMILES string of the molecule is CC[C@@H](C)c1ccc(NC(=O)CSc2nnc(Cc3ccc(OC)cc3)n2N)cc1. The molecular weight excluding hydrogens is 398 g/mol. The average Bonchev–Trinajstić information content (AvgIpc) is 3.12. The molecule has 0 fully saturated rings. The van der Waals surface area contributed by atoms with Crippen LogP contribution in [0.1, 0.15) is 43.1 Å². The number of anilines is 1. The van der Waals surface area contributed by atoms with Gasteiger partial charge in [-0.2, -0.15) is 0 Å². The van der Waals surface area contributed by atoms with Crippen molar-refractivity contribution in [3.8, 4) is 5.75 Å². The molecule has 30 heavy (non-hydrogen) atoms. The van der Waals surface area contributed by atoms with Crippen molar-refractivity contribution in [2.75, 3.05) is 24.0 Å². The minimum atomic E-state index is -0.115. The van der Waals surface area contributed by atoms with E-state index in [0.29, 0.717) is 23.3 Å². The third kappa shape index (κ3) is 5.54. The first-order valence-corrected chi connectivity index (χ1v) is 10.8. The van der Waals surface area contributed by atoms with Crippen LogP contribution in [0.3, 0.4) is 0 Å². The number of rotatable bonds is 9. The number of ether oxygens (including phenoxy) is 1. The summed E-state index contributed by atoms with van der Waals surface area (Å²) in [4.78, 5) is 12.3. The van der Waals surface area contributed by atoms with Crippen molar-refractivity contribution in [2.24, 2.45) is 0 Å². The summed E-state index contributed by atoms with van der Waals surface area (Å²) < 4.78 is 6.60. The third-order valence-electron chi connectivity index (χ3n) is 4.96. The summed E-state index contributed by atoms with van der Waals surface area (Å²) in [7, 11) is 1.63. The van der Waals surface area contributed by atoms with Crippen LogP contribution in [0.15, 0.2) is 53.7 Å². The Bertz CT molecular complexity index is 970. The summed E-state index contributed by atoms with van der Waals surface area (Å²) in [5.41, 5.74) is 3.09. The number of carbonyl (C=O) groups excluding carboxylic acids is 1. The smallest absolute Gasteiger partial charge is 0.234 e. The summed E-state index contributed by atoms with van der Waals surface area (Å²) >= 11 is 1.26. The molecular formula is C22H27N5O2S. The normalized spacial score (nSPS) is 11.8. The number of methoxy groups -OCH3 is 1. The van der Waals surface area contributed by atoms with Crippen molar-refractivity contribution in [3.05, 3.63) is 65.5 Å². The molecule has 3 rings (SSSR count). The minimum Gasteiger partial charge on any atom is -0.497 e. The fraction of sp³-hybridized carbons (Fsp3) is 0.318. The number of benzene rings is 2. The zero-order chi connectivity index (χ0) is 21.5. The molecule has 3 aromatic rings. The first-order chi connectivity index (χ1) is 14.5. The van der Waals surface area contributed by atoms with Gasteiger partial charge < -0.3 is 15.9 Å².